The van der Waals surface area contributed by atoms with Crippen molar-refractivity contribution in [3.05, 3.63) is 65.3 Å². The number of carbonyl (C=O) groups excluding carboxylic acids is 1. The Hall–Kier alpha value is -2.34. The number of amides is 1. The molecular weight excluding hydrogens is 322 g/mol. The number of carbonyl (C=O) groups is 1. The van der Waals surface area contributed by atoms with Gasteiger partial charge in [-0.3, -0.25) is 4.79 Å². The maximum Gasteiger partial charge on any atom is 0.260 e. The van der Waals surface area contributed by atoms with Gasteiger partial charge in [-0.15, -0.1) is 0 Å². The van der Waals surface area contributed by atoms with E-state index in [0.717, 1.165) is 5.69 Å². The second-order valence-corrected chi connectivity index (χ2v) is 4.78. The molecule has 0 atom stereocenters. The minimum Gasteiger partial charge on any atom is -0.457 e. The third-order valence-corrected chi connectivity index (χ3v) is 3.35. The molecule has 20 heavy (non-hydrogen) atoms. The van der Waals surface area contributed by atoms with E-state index in [1.54, 1.807) is 16.9 Å². The van der Waals surface area contributed by atoms with E-state index in [1.807, 2.05) is 36.5 Å². The molecule has 0 aliphatic carbocycles. The summed E-state index contributed by atoms with van der Waals surface area (Å²) in [5, 5.41) is 6.97. The van der Waals surface area contributed by atoms with E-state index in [1.165, 1.54) is 6.26 Å². The predicted molar refractivity (Wildman–Crippen MR) is 77.9 cm³/mol. The number of nitrogens with zero attached hydrogens (tertiary/aromatic N) is 2. The molecule has 2 heterocycles. The molecule has 0 fully saturated rings. The van der Waals surface area contributed by atoms with E-state index in [0.29, 0.717) is 15.9 Å². The van der Waals surface area contributed by atoms with Crippen LogP contribution in [0, 0.1) is 0 Å². The summed E-state index contributed by atoms with van der Waals surface area (Å²) in [7, 11) is 0. The summed E-state index contributed by atoms with van der Waals surface area (Å²) in [6.07, 6.45) is 5.00. The van der Waals surface area contributed by atoms with Crippen molar-refractivity contribution in [1.82, 2.24) is 9.78 Å². The summed E-state index contributed by atoms with van der Waals surface area (Å²) < 4.78 is 7.19. The average Bonchev–Trinajstić information content (AvgIpc) is 3.09. The molecule has 0 aliphatic rings. The maximum absolute atomic E-state index is 12.1. The number of anilines is 1. The quantitative estimate of drug-likeness (QED) is 0.799. The molecule has 1 aromatic carbocycles. The van der Waals surface area contributed by atoms with E-state index >= 15 is 0 Å². The minimum atomic E-state index is -0.233. The molecule has 0 saturated carbocycles. The summed E-state index contributed by atoms with van der Waals surface area (Å²) in [4.78, 5) is 12.1. The van der Waals surface area contributed by atoms with Gasteiger partial charge in [-0.2, -0.15) is 5.10 Å². The summed E-state index contributed by atoms with van der Waals surface area (Å²) >= 11 is 3.18. The van der Waals surface area contributed by atoms with Crippen molar-refractivity contribution in [3.8, 4) is 5.69 Å². The fourth-order valence-corrected chi connectivity index (χ4v) is 2.22. The van der Waals surface area contributed by atoms with E-state index in [9.17, 15) is 4.79 Å². The molecule has 0 aliphatic heterocycles. The molecule has 6 heteroatoms. The largest absolute Gasteiger partial charge is 0.457 e. The fraction of sp³-hybridized carbons (Fsp3) is 0. The lowest BCUT2D eigenvalue weighted by Gasteiger charge is -2.07. The fourth-order valence-electron chi connectivity index (χ4n) is 1.80. The molecule has 100 valence electrons. The Morgan fingerprint density at radius 2 is 2.20 bits per heavy atom. The zero-order chi connectivity index (χ0) is 13.9. The topological polar surface area (TPSA) is 60.1 Å². The van der Waals surface area contributed by atoms with Crippen molar-refractivity contribution < 1.29 is 9.21 Å². The molecule has 3 rings (SSSR count). The first-order valence-electron chi connectivity index (χ1n) is 5.88. The van der Waals surface area contributed by atoms with Crippen LogP contribution < -0.4 is 5.32 Å². The molecule has 0 bridgehead atoms. The van der Waals surface area contributed by atoms with E-state index in [-0.39, 0.29) is 5.91 Å². The lowest BCUT2D eigenvalue weighted by molar-refractivity contribution is 0.102. The second kappa shape index (κ2) is 5.34. The second-order valence-electron chi connectivity index (χ2n) is 4.06. The molecule has 3 aromatic rings. The third-order valence-electron chi connectivity index (χ3n) is 2.74. The van der Waals surface area contributed by atoms with Gasteiger partial charge in [0.2, 0.25) is 0 Å². The van der Waals surface area contributed by atoms with Crippen LogP contribution in [0.15, 0.2) is 64.1 Å². The Morgan fingerprint density at radius 3 is 2.90 bits per heavy atom. The molecular formula is C14H10BrN3O2. The highest BCUT2D eigenvalue weighted by atomic mass is 79.9. The summed E-state index contributed by atoms with van der Waals surface area (Å²) in [6.45, 7) is 0. The average molecular weight is 332 g/mol. The number of furan rings is 1. The molecule has 1 N–H and O–H groups in total. The van der Waals surface area contributed by atoms with Crippen molar-refractivity contribution in [2.24, 2.45) is 0 Å². The van der Waals surface area contributed by atoms with Gasteiger partial charge in [-0.25, -0.2) is 4.68 Å². The first kappa shape index (κ1) is 12.7. The van der Waals surface area contributed by atoms with Crippen LogP contribution in [0.1, 0.15) is 10.4 Å². The molecule has 0 saturated heterocycles. The lowest BCUT2D eigenvalue weighted by Crippen LogP contribution is -2.11. The van der Waals surface area contributed by atoms with Gasteiger partial charge < -0.3 is 9.73 Å². The van der Waals surface area contributed by atoms with Crippen LogP contribution in [0.25, 0.3) is 5.69 Å². The standard InChI is InChI=1S/C14H10BrN3O2/c15-13-12(5-8-20-13)14(19)17-10-3-1-4-11(9-10)18-7-2-6-16-18/h1-9H,(H,17,19). The van der Waals surface area contributed by atoms with Gasteiger partial charge in [0.1, 0.15) is 0 Å². The van der Waals surface area contributed by atoms with Crippen LogP contribution in [0.3, 0.4) is 0 Å². The third kappa shape index (κ3) is 2.50. The van der Waals surface area contributed by atoms with Crippen molar-refractivity contribution in [3.63, 3.8) is 0 Å². The number of rotatable bonds is 3. The molecule has 5 nitrogen and oxygen atoms in total. The minimum absolute atomic E-state index is 0.233. The van der Waals surface area contributed by atoms with Crippen molar-refractivity contribution in [2.75, 3.05) is 5.32 Å². The monoisotopic (exact) mass is 331 g/mol. The molecule has 1 amide bonds. The molecule has 2 aromatic heterocycles. The van der Waals surface area contributed by atoms with Gasteiger partial charge in [-0.1, -0.05) is 6.07 Å². The maximum atomic E-state index is 12.1. The Kier molecular flexibility index (Phi) is 3.39. The number of hydrogen-bond donors (Lipinski definition) is 1. The summed E-state index contributed by atoms with van der Waals surface area (Å²) in [5.41, 5.74) is 2.02. The Bertz CT molecular complexity index is 734. The first-order valence-corrected chi connectivity index (χ1v) is 6.68. The summed E-state index contributed by atoms with van der Waals surface area (Å²) in [6, 6.07) is 10.9. The lowest BCUT2D eigenvalue weighted by atomic mass is 10.2. The Labute approximate surface area is 123 Å². The van der Waals surface area contributed by atoms with Crippen molar-refractivity contribution in [2.45, 2.75) is 0 Å². The highest BCUT2D eigenvalue weighted by Gasteiger charge is 2.12. The van der Waals surface area contributed by atoms with E-state index < -0.39 is 0 Å². The van der Waals surface area contributed by atoms with Crippen LogP contribution in [0.2, 0.25) is 0 Å². The highest BCUT2D eigenvalue weighted by Crippen LogP contribution is 2.20. The van der Waals surface area contributed by atoms with Gasteiger partial charge in [0.15, 0.2) is 4.67 Å². The van der Waals surface area contributed by atoms with Crippen LogP contribution >= 0.6 is 15.9 Å². The SMILES string of the molecule is O=C(Nc1cccc(-n2cccn2)c1)c1ccoc1Br. The molecule has 0 unspecified atom stereocenters. The number of benzene rings is 1. The highest BCUT2D eigenvalue weighted by molar-refractivity contribution is 9.10. The zero-order valence-electron chi connectivity index (χ0n) is 10.3. The van der Waals surface area contributed by atoms with E-state index in [4.69, 9.17) is 4.42 Å². The van der Waals surface area contributed by atoms with E-state index in [2.05, 4.69) is 26.3 Å². The molecule has 0 spiro atoms. The normalized spacial score (nSPS) is 10.4. The van der Waals surface area contributed by atoms with Crippen LogP contribution in [-0.4, -0.2) is 15.7 Å². The van der Waals surface area contributed by atoms with Crippen LogP contribution in [-0.2, 0) is 0 Å². The van der Waals surface area contributed by atoms with Gasteiger partial charge in [0.05, 0.1) is 17.5 Å². The van der Waals surface area contributed by atoms with Gasteiger partial charge in [-0.05, 0) is 46.3 Å². The van der Waals surface area contributed by atoms with Crippen molar-refractivity contribution >= 4 is 27.5 Å². The first-order chi connectivity index (χ1) is 9.74. The van der Waals surface area contributed by atoms with Gasteiger partial charge >= 0.3 is 0 Å². The number of halogens is 1. The molecule has 0 radical (unpaired) electrons. The van der Waals surface area contributed by atoms with Crippen LogP contribution in [0.5, 0.6) is 0 Å². The smallest absolute Gasteiger partial charge is 0.260 e. The Morgan fingerprint density at radius 1 is 1.30 bits per heavy atom. The van der Waals surface area contributed by atoms with Crippen molar-refractivity contribution in [1.29, 1.82) is 0 Å². The summed E-state index contributed by atoms with van der Waals surface area (Å²) in [5.74, 6) is -0.233. The number of nitrogens with one attached hydrogen (secondary N) is 1. The Balaban J connectivity index is 1.83. The predicted octanol–water partition coefficient (Wildman–Crippen LogP) is 3.48. The van der Waals surface area contributed by atoms with Gasteiger partial charge in [0.25, 0.3) is 5.91 Å². The number of hydrogen-bond acceptors (Lipinski definition) is 3. The van der Waals surface area contributed by atoms with Crippen LogP contribution in [0.4, 0.5) is 5.69 Å². The zero-order valence-corrected chi connectivity index (χ0v) is 11.9. The van der Waals surface area contributed by atoms with Gasteiger partial charge in [0, 0.05) is 18.1 Å². The number of aromatic nitrogens is 2.